The summed E-state index contributed by atoms with van der Waals surface area (Å²) in [5, 5.41) is 2.70. The Morgan fingerprint density at radius 3 is 2.61 bits per heavy atom. The number of aromatic nitrogens is 2. The van der Waals surface area contributed by atoms with E-state index < -0.39 is 5.91 Å². The SMILES string of the molecule is CCCCCCOc1cccc(C(=O)Nc2ncn(Cc3ccccc3)c2C(N)=O)c1. The molecule has 0 bridgehead atoms. The fourth-order valence-corrected chi connectivity index (χ4v) is 3.26. The van der Waals surface area contributed by atoms with Crippen LogP contribution in [0.5, 0.6) is 5.75 Å². The highest BCUT2D eigenvalue weighted by molar-refractivity contribution is 6.07. The Hall–Kier alpha value is -3.61. The number of imidazole rings is 1. The van der Waals surface area contributed by atoms with E-state index in [1.54, 1.807) is 22.8 Å². The number of primary amides is 1. The number of nitrogens with two attached hydrogens (primary N) is 1. The first-order valence-electron chi connectivity index (χ1n) is 10.5. The van der Waals surface area contributed by atoms with Crippen molar-refractivity contribution in [2.24, 2.45) is 5.73 Å². The number of unbranched alkanes of at least 4 members (excludes halogenated alkanes) is 3. The number of benzene rings is 2. The molecule has 0 aliphatic rings. The van der Waals surface area contributed by atoms with Gasteiger partial charge in [-0.05, 0) is 30.2 Å². The third-order valence-electron chi connectivity index (χ3n) is 4.86. The second kappa shape index (κ2) is 11.0. The summed E-state index contributed by atoms with van der Waals surface area (Å²) in [6.07, 6.45) is 5.96. The van der Waals surface area contributed by atoms with Crippen LogP contribution in [0.25, 0.3) is 0 Å². The van der Waals surface area contributed by atoms with Crippen LogP contribution in [0.1, 0.15) is 59.0 Å². The summed E-state index contributed by atoms with van der Waals surface area (Å²) in [6.45, 7) is 3.20. The van der Waals surface area contributed by atoms with Gasteiger partial charge in [-0.25, -0.2) is 4.98 Å². The molecule has 7 nitrogen and oxygen atoms in total. The van der Waals surface area contributed by atoms with E-state index in [-0.39, 0.29) is 17.4 Å². The van der Waals surface area contributed by atoms with Crippen molar-refractivity contribution in [3.63, 3.8) is 0 Å². The van der Waals surface area contributed by atoms with Crippen molar-refractivity contribution in [3.8, 4) is 5.75 Å². The molecule has 3 rings (SSSR count). The van der Waals surface area contributed by atoms with E-state index >= 15 is 0 Å². The van der Waals surface area contributed by atoms with Gasteiger partial charge in [0.1, 0.15) is 5.75 Å². The zero-order chi connectivity index (χ0) is 22.1. The molecule has 1 aromatic heterocycles. The first-order chi connectivity index (χ1) is 15.1. The zero-order valence-electron chi connectivity index (χ0n) is 17.7. The van der Waals surface area contributed by atoms with Crippen LogP contribution in [0.3, 0.4) is 0 Å². The van der Waals surface area contributed by atoms with E-state index in [9.17, 15) is 9.59 Å². The Kier molecular flexibility index (Phi) is 7.81. The van der Waals surface area contributed by atoms with Crippen LogP contribution in [0.15, 0.2) is 60.9 Å². The molecule has 2 aromatic carbocycles. The lowest BCUT2D eigenvalue weighted by Gasteiger charge is -2.10. The van der Waals surface area contributed by atoms with Gasteiger partial charge >= 0.3 is 0 Å². The van der Waals surface area contributed by atoms with Gasteiger partial charge in [-0.3, -0.25) is 9.59 Å². The molecule has 0 saturated carbocycles. The van der Waals surface area contributed by atoms with Gasteiger partial charge in [-0.1, -0.05) is 62.6 Å². The van der Waals surface area contributed by atoms with Gasteiger partial charge in [-0.2, -0.15) is 0 Å². The number of anilines is 1. The Morgan fingerprint density at radius 1 is 1.06 bits per heavy atom. The van der Waals surface area contributed by atoms with Crippen molar-refractivity contribution in [2.75, 3.05) is 11.9 Å². The lowest BCUT2D eigenvalue weighted by atomic mass is 10.2. The number of carbonyl (C=O) groups is 2. The van der Waals surface area contributed by atoms with Crippen molar-refractivity contribution >= 4 is 17.6 Å². The van der Waals surface area contributed by atoms with Crippen molar-refractivity contribution in [1.82, 2.24) is 9.55 Å². The maximum absolute atomic E-state index is 12.8. The number of ether oxygens (including phenoxy) is 1. The predicted molar refractivity (Wildman–Crippen MR) is 120 cm³/mol. The molecule has 0 saturated heterocycles. The fourth-order valence-electron chi connectivity index (χ4n) is 3.26. The number of hydrogen-bond acceptors (Lipinski definition) is 4. The van der Waals surface area contributed by atoms with Crippen LogP contribution in [-0.2, 0) is 6.54 Å². The molecule has 0 atom stereocenters. The van der Waals surface area contributed by atoms with Crippen LogP contribution in [-0.4, -0.2) is 28.0 Å². The number of nitrogens with one attached hydrogen (secondary N) is 1. The molecule has 0 spiro atoms. The molecule has 162 valence electrons. The number of carbonyl (C=O) groups excluding carboxylic acids is 2. The maximum Gasteiger partial charge on any atom is 0.269 e. The molecular weight excluding hydrogens is 392 g/mol. The lowest BCUT2D eigenvalue weighted by molar-refractivity contribution is 0.0993. The lowest BCUT2D eigenvalue weighted by Crippen LogP contribution is -2.21. The minimum Gasteiger partial charge on any atom is -0.494 e. The smallest absolute Gasteiger partial charge is 0.269 e. The average molecular weight is 421 g/mol. The third-order valence-corrected chi connectivity index (χ3v) is 4.86. The van der Waals surface area contributed by atoms with Gasteiger partial charge in [-0.15, -0.1) is 0 Å². The maximum atomic E-state index is 12.8. The Labute approximate surface area is 182 Å². The summed E-state index contributed by atoms with van der Waals surface area (Å²) in [4.78, 5) is 29.0. The first kappa shape index (κ1) is 22.1. The van der Waals surface area contributed by atoms with Gasteiger partial charge in [0.2, 0.25) is 0 Å². The third kappa shape index (κ3) is 6.18. The fraction of sp³-hybridized carbons (Fsp3) is 0.292. The van der Waals surface area contributed by atoms with E-state index in [1.807, 2.05) is 36.4 Å². The molecule has 3 N–H and O–H groups in total. The molecule has 0 unspecified atom stereocenters. The molecular formula is C24H28N4O3. The molecule has 0 aliphatic heterocycles. The minimum absolute atomic E-state index is 0.138. The van der Waals surface area contributed by atoms with Crippen LogP contribution in [0, 0.1) is 0 Å². The molecule has 1 heterocycles. The molecule has 7 heteroatoms. The second-order valence-corrected chi connectivity index (χ2v) is 7.31. The minimum atomic E-state index is -0.659. The highest BCUT2D eigenvalue weighted by atomic mass is 16.5. The summed E-state index contributed by atoms with van der Waals surface area (Å²) >= 11 is 0. The van der Waals surface area contributed by atoms with E-state index in [0.29, 0.717) is 24.5 Å². The Morgan fingerprint density at radius 2 is 1.87 bits per heavy atom. The summed E-state index contributed by atoms with van der Waals surface area (Å²) in [7, 11) is 0. The number of nitrogens with zero attached hydrogens (tertiary/aromatic N) is 2. The molecule has 2 amide bonds. The van der Waals surface area contributed by atoms with Gasteiger partial charge in [0.25, 0.3) is 11.8 Å². The van der Waals surface area contributed by atoms with Crippen LogP contribution < -0.4 is 15.8 Å². The highest BCUT2D eigenvalue weighted by Gasteiger charge is 2.19. The number of hydrogen-bond donors (Lipinski definition) is 2. The molecule has 0 radical (unpaired) electrons. The largest absolute Gasteiger partial charge is 0.494 e. The van der Waals surface area contributed by atoms with E-state index in [0.717, 1.165) is 18.4 Å². The van der Waals surface area contributed by atoms with Crippen LogP contribution in [0.2, 0.25) is 0 Å². The Bertz CT molecular complexity index is 1010. The number of amides is 2. The van der Waals surface area contributed by atoms with Crippen LogP contribution in [0.4, 0.5) is 5.82 Å². The molecule has 31 heavy (non-hydrogen) atoms. The highest BCUT2D eigenvalue weighted by Crippen LogP contribution is 2.19. The zero-order valence-corrected chi connectivity index (χ0v) is 17.7. The average Bonchev–Trinajstić information content (AvgIpc) is 3.16. The standard InChI is InChI=1S/C24H28N4O3/c1-2-3-4-8-14-31-20-13-9-12-19(15-20)24(30)27-23-21(22(25)29)28(17-26-23)16-18-10-6-5-7-11-18/h5-7,9-13,15,17H,2-4,8,14,16H2,1H3,(H2,25,29)(H,27,30). The monoisotopic (exact) mass is 420 g/mol. The van der Waals surface area contributed by atoms with Gasteiger partial charge < -0.3 is 20.4 Å². The molecule has 3 aromatic rings. The molecule has 0 aliphatic carbocycles. The normalized spacial score (nSPS) is 10.6. The second-order valence-electron chi connectivity index (χ2n) is 7.31. The summed E-state index contributed by atoms with van der Waals surface area (Å²) in [6, 6.07) is 16.6. The first-order valence-corrected chi connectivity index (χ1v) is 10.5. The van der Waals surface area contributed by atoms with Crippen molar-refractivity contribution in [2.45, 2.75) is 39.2 Å². The van der Waals surface area contributed by atoms with Gasteiger partial charge in [0.15, 0.2) is 11.5 Å². The predicted octanol–water partition coefficient (Wildman–Crippen LogP) is 4.24. The number of rotatable bonds is 11. The van der Waals surface area contributed by atoms with Gasteiger partial charge in [0.05, 0.1) is 12.9 Å². The summed E-state index contributed by atoms with van der Waals surface area (Å²) in [5.41, 5.74) is 7.13. The van der Waals surface area contributed by atoms with E-state index in [1.165, 1.54) is 19.2 Å². The Balaban J connectivity index is 1.69. The van der Waals surface area contributed by atoms with Crippen molar-refractivity contribution < 1.29 is 14.3 Å². The van der Waals surface area contributed by atoms with Crippen molar-refractivity contribution in [3.05, 3.63) is 77.7 Å². The summed E-state index contributed by atoms with van der Waals surface area (Å²) in [5.74, 6) is -0.273. The quantitative estimate of drug-likeness (QED) is 0.453. The van der Waals surface area contributed by atoms with Gasteiger partial charge in [0, 0.05) is 12.1 Å². The van der Waals surface area contributed by atoms with E-state index in [2.05, 4.69) is 17.2 Å². The topological polar surface area (TPSA) is 99.2 Å². The summed E-state index contributed by atoms with van der Waals surface area (Å²) < 4.78 is 7.38. The molecule has 0 fully saturated rings. The van der Waals surface area contributed by atoms with Crippen molar-refractivity contribution in [1.29, 1.82) is 0 Å². The van der Waals surface area contributed by atoms with E-state index in [4.69, 9.17) is 10.5 Å². The van der Waals surface area contributed by atoms with Crippen LogP contribution >= 0.6 is 0 Å².